The molecule has 2 aromatic rings. The van der Waals surface area contributed by atoms with Crippen molar-refractivity contribution in [2.24, 2.45) is 5.41 Å². The monoisotopic (exact) mass is 306 g/mol. The number of aromatic nitrogens is 1. The Hall–Kier alpha value is -1.95. The maximum absolute atomic E-state index is 11.8. The van der Waals surface area contributed by atoms with Gasteiger partial charge < -0.3 is 4.74 Å². The Morgan fingerprint density at radius 2 is 2.05 bits per heavy atom. The van der Waals surface area contributed by atoms with Crippen LogP contribution in [-0.2, 0) is 14.3 Å². The van der Waals surface area contributed by atoms with Gasteiger partial charge in [-0.1, -0.05) is 17.4 Å². The van der Waals surface area contributed by atoms with Gasteiger partial charge >= 0.3 is 5.97 Å². The highest BCUT2D eigenvalue weighted by molar-refractivity contribution is 7.22. The first-order valence-electron chi connectivity index (χ1n) is 6.60. The molecule has 0 aliphatic heterocycles. The molecule has 0 radical (unpaired) electrons. The summed E-state index contributed by atoms with van der Waals surface area (Å²) in [6, 6.07) is 5.90. The third-order valence-corrected chi connectivity index (χ3v) is 3.67. The maximum atomic E-state index is 11.8. The molecule has 1 aromatic carbocycles. The Balaban J connectivity index is 1.97. The molecule has 5 nitrogen and oxygen atoms in total. The van der Waals surface area contributed by atoms with Crippen molar-refractivity contribution in [2.45, 2.75) is 27.7 Å². The molecule has 1 N–H and O–H groups in total. The van der Waals surface area contributed by atoms with E-state index in [1.165, 1.54) is 11.3 Å². The maximum Gasteiger partial charge on any atom is 0.311 e. The van der Waals surface area contributed by atoms with Crippen LogP contribution in [0, 0.1) is 12.3 Å². The topological polar surface area (TPSA) is 68.3 Å². The van der Waals surface area contributed by atoms with Gasteiger partial charge in [-0.3, -0.25) is 14.9 Å². The minimum atomic E-state index is -0.617. The summed E-state index contributed by atoms with van der Waals surface area (Å²) < 4.78 is 5.97. The summed E-state index contributed by atoms with van der Waals surface area (Å²) in [5.74, 6) is -0.791. The average Bonchev–Trinajstić information content (AvgIpc) is 2.75. The number of hydrogen-bond acceptors (Lipinski definition) is 5. The third kappa shape index (κ3) is 4.01. The number of esters is 1. The average molecular weight is 306 g/mol. The van der Waals surface area contributed by atoms with Gasteiger partial charge in [0.2, 0.25) is 0 Å². The number of ether oxygens (including phenoxy) is 1. The number of anilines is 1. The molecule has 1 amide bonds. The summed E-state index contributed by atoms with van der Waals surface area (Å²) >= 11 is 1.40. The molecule has 0 unspecified atom stereocenters. The number of carbonyl (C=O) groups is 2. The first-order valence-corrected chi connectivity index (χ1v) is 7.41. The smallest absolute Gasteiger partial charge is 0.311 e. The lowest BCUT2D eigenvalue weighted by molar-refractivity contribution is -0.155. The van der Waals surface area contributed by atoms with E-state index in [2.05, 4.69) is 10.3 Å². The minimum absolute atomic E-state index is 0.301. The van der Waals surface area contributed by atoms with E-state index in [0.717, 1.165) is 15.8 Å². The van der Waals surface area contributed by atoms with Crippen molar-refractivity contribution in [1.82, 2.24) is 4.98 Å². The van der Waals surface area contributed by atoms with Crippen molar-refractivity contribution in [1.29, 1.82) is 0 Å². The van der Waals surface area contributed by atoms with Gasteiger partial charge in [0.1, 0.15) is 0 Å². The molecule has 112 valence electrons. The number of nitrogens with one attached hydrogen (secondary N) is 1. The summed E-state index contributed by atoms with van der Waals surface area (Å²) in [6.07, 6.45) is 0. The van der Waals surface area contributed by atoms with Crippen LogP contribution in [0.5, 0.6) is 0 Å². The van der Waals surface area contributed by atoms with Gasteiger partial charge in [-0.25, -0.2) is 4.98 Å². The molecule has 2 rings (SSSR count). The molecule has 1 heterocycles. The van der Waals surface area contributed by atoms with E-state index in [0.29, 0.717) is 5.13 Å². The summed E-state index contributed by atoms with van der Waals surface area (Å²) in [5.41, 5.74) is 1.36. The first kappa shape index (κ1) is 15.4. The predicted molar refractivity (Wildman–Crippen MR) is 83.4 cm³/mol. The van der Waals surface area contributed by atoms with Crippen molar-refractivity contribution in [3.8, 4) is 0 Å². The fourth-order valence-electron chi connectivity index (χ4n) is 1.59. The van der Waals surface area contributed by atoms with Crippen molar-refractivity contribution in [3.05, 3.63) is 23.8 Å². The highest BCUT2D eigenvalue weighted by atomic mass is 32.1. The fraction of sp³-hybridized carbons (Fsp3) is 0.400. The zero-order chi connectivity index (χ0) is 15.6. The van der Waals surface area contributed by atoms with Crippen molar-refractivity contribution < 1.29 is 14.3 Å². The summed E-state index contributed by atoms with van der Waals surface area (Å²) in [6.45, 7) is 6.92. The summed E-state index contributed by atoms with van der Waals surface area (Å²) in [5, 5.41) is 3.16. The molecule has 0 spiro atoms. The molecule has 1 aromatic heterocycles. The van der Waals surface area contributed by atoms with E-state index in [1.807, 2.05) is 25.1 Å². The Kier molecular flexibility index (Phi) is 4.27. The normalized spacial score (nSPS) is 11.4. The zero-order valence-electron chi connectivity index (χ0n) is 12.5. The van der Waals surface area contributed by atoms with Crippen LogP contribution in [0.2, 0.25) is 0 Å². The van der Waals surface area contributed by atoms with Gasteiger partial charge in [0.15, 0.2) is 11.7 Å². The Morgan fingerprint density at radius 1 is 1.33 bits per heavy atom. The Morgan fingerprint density at radius 3 is 2.71 bits per heavy atom. The molecule has 0 atom stereocenters. The second-order valence-electron chi connectivity index (χ2n) is 5.86. The summed E-state index contributed by atoms with van der Waals surface area (Å²) in [4.78, 5) is 27.7. The largest absolute Gasteiger partial charge is 0.455 e. The number of hydrogen-bond donors (Lipinski definition) is 1. The van der Waals surface area contributed by atoms with Crippen LogP contribution in [0.25, 0.3) is 10.2 Å². The third-order valence-electron chi connectivity index (χ3n) is 2.74. The second-order valence-corrected chi connectivity index (χ2v) is 6.90. The van der Waals surface area contributed by atoms with Crippen LogP contribution < -0.4 is 5.32 Å². The SMILES string of the molecule is Cc1ccc2nc(NC(=O)COC(=O)C(C)(C)C)sc2c1. The van der Waals surface area contributed by atoms with Crippen LogP contribution in [0.3, 0.4) is 0 Å². The number of nitrogens with zero attached hydrogens (tertiary/aromatic N) is 1. The van der Waals surface area contributed by atoms with Crippen molar-refractivity contribution in [3.63, 3.8) is 0 Å². The lowest BCUT2D eigenvalue weighted by Crippen LogP contribution is -2.27. The Labute approximate surface area is 127 Å². The number of rotatable bonds is 3. The number of carbonyl (C=O) groups excluding carboxylic acids is 2. The van der Waals surface area contributed by atoms with E-state index in [1.54, 1.807) is 20.8 Å². The van der Waals surface area contributed by atoms with E-state index in [9.17, 15) is 9.59 Å². The first-order chi connectivity index (χ1) is 9.75. The predicted octanol–water partition coefficient (Wildman–Crippen LogP) is 3.13. The molecule has 0 saturated heterocycles. The summed E-state index contributed by atoms with van der Waals surface area (Å²) in [7, 11) is 0. The fourth-order valence-corrected chi connectivity index (χ4v) is 2.57. The lowest BCUT2D eigenvalue weighted by Gasteiger charge is -2.15. The van der Waals surface area contributed by atoms with E-state index >= 15 is 0 Å². The van der Waals surface area contributed by atoms with Crippen LogP contribution in [0.1, 0.15) is 26.3 Å². The second kappa shape index (κ2) is 5.81. The quantitative estimate of drug-likeness (QED) is 0.885. The highest BCUT2D eigenvalue weighted by Crippen LogP contribution is 2.26. The Bertz CT molecular complexity index is 686. The molecular formula is C15H18N2O3S. The standard InChI is InChI=1S/C15H18N2O3S/c1-9-5-6-10-11(7-9)21-14(16-10)17-12(18)8-20-13(19)15(2,3)4/h5-7H,8H2,1-4H3,(H,16,17,18). The van der Waals surface area contributed by atoms with Crippen LogP contribution in [-0.4, -0.2) is 23.5 Å². The van der Waals surface area contributed by atoms with E-state index in [-0.39, 0.29) is 12.5 Å². The number of amides is 1. The molecule has 21 heavy (non-hydrogen) atoms. The number of thiazole rings is 1. The molecular weight excluding hydrogens is 288 g/mol. The minimum Gasteiger partial charge on any atom is -0.455 e. The van der Waals surface area contributed by atoms with E-state index < -0.39 is 11.4 Å². The molecule has 0 aliphatic rings. The molecule has 0 aliphatic carbocycles. The van der Waals surface area contributed by atoms with Crippen molar-refractivity contribution >= 4 is 38.6 Å². The molecule has 0 bridgehead atoms. The zero-order valence-corrected chi connectivity index (χ0v) is 13.3. The van der Waals surface area contributed by atoms with Crippen LogP contribution >= 0.6 is 11.3 Å². The molecule has 0 saturated carbocycles. The number of aryl methyl sites for hydroxylation is 1. The number of fused-ring (bicyclic) bond motifs is 1. The van der Waals surface area contributed by atoms with Gasteiger partial charge in [0.25, 0.3) is 5.91 Å². The van der Waals surface area contributed by atoms with Gasteiger partial charge in [-0.2, -0.15) is 0 Å². The van der Waals surface area contributed by atoms with Gasteiger partial charge in [0, 0.05) is 0 Å². The van der Waals surface area contributed by atoms with Gasteiger partial charge in [0.05, 0.1) is 15.6 Å². The van der Waals surface area contributed by atoms with Gasteiger partial charge in [-0.15, -0.1) is 0 Å². The van der Waals surface area contributed by atoms with Gasteiger partial charge in [-0.05, 0) is 45.4 Å². The molecule has 0 fully saturated rings. The number of benzene rings is 1. The van der Waals surface area contributed by atoms with Crippen molar-refractivity contribution in [2.75, 3.05) is 11.9 Å². The van der Waals surface area contributed by atoms with Crippen LogP contribution in [0.15, 0.2) is 18.2 Å². The van der Waals surface area contributed by atoms with E-state index in [4.69, 9.17) is 4.74 Å². The van der Waals surface area contributed by atoms with Crippen LogP contribution in [0.4, 0.5) is 5.13 Å². The highest BCUT2D eigenvalue weighted by Gasteiger charge is 2.23. The lowest BCUT2D eigenvalue weighted by atomic mass is 9.97. The molecule has 6 heteroatoms.